The van der Waals surface area contributed by atoms with Crippen LogP contribution in [0.25, 0.3) is 0 Å². The van der Waals surface area contributed by atoms with Crippen molar-refractivity contribution in [1.29, 1.82) is 0 Å². The molecule has 0 spiro atoms. The van der Waals surface area contributed by atoms with Crippen LogP contribution in [0.4, 0.5) is 4.39 Å². The molecular weight excluding hydrogens is 249 g/mol. The molecular formula is C10H13BrFNO. The van der Waals surface area contributed by atoms with Gasteiger partial charge in [0.15, 0.2) is 0 Å². The molecule has 0 saturated carbocycles. The van der Waals surface area contributed by atoms with Gasteiger partial charge < -0.3 is 10.4 Å². The summed E-state index contributed by atoms with van der Waals surface area (Å²) in [7, 11) is 1.74. The Kier molecular flexibility index (Phi) is 4.04. The fourth-order valence-electron chi connectivity index (χ4n) is 1.37. The molecule has 0 saturated heterocycles. The van der Waals surface area contributed by atoms with Gasteiger partial charge in [0, 0.05) is 12.1 Å². The number of likely N-dealkylation sites (N-methyl/N-ethyl adjacent to an activating group) is 1. The van der Waals surface area contributed by atoms with Crippen molar-refractivity contribution < 1.29 is 9.50 Å². The van der Waals surface area contributed by atoms with E-state index in [2.05, 4.69) is 21.2 Å². The fraction of sp³-hybridized carbons (Fsp3) is 0.400. The van der Waals surface area contributed by atoms with E-state index in [0.29, 0.717) is 16.6 Å². The number of aliphatic hydroxyl groups excluding tert-OH is 1. The predicted octanol–water partition coefficient (Wildman–Crippen LogP) is 2.15. The number of aliphatic hydroxyl groups is 1. The topological polar surface area (TPSA) is 32.3 Å². The Labute approximate surface area is 91.3 Å². The summed E-state index contributed by atoms with van der Waals surface area (Å²) in [5, 5.41) is 12.6. The summed E-state index contributed by atoms with van der Waals surface area (Å²) in [5.41, 5.74) is 1.49. The first kappa shape index (κ1) is 11.6. The van der Waals surface area contributed by atoms with Crippen molar-refractivity contribution >= 4 is 15.9 Å². The number of rotatable bonds is 3. The van der Waals surface area contributed by atoms with Gasteiger partial charge in [0.2, 0.25) is 0 Å². The van der Waals surface area contributed by atoms with Gasteiger partial charge in [0.1, 0.15) is 5.82 Å². The number of halogens is 2. The Hall–Kier alpha value is -0.450. The molecule has 1 rings (SSSR count). The highest BCUT2D eigenvalue weighted by Crippen LogP contribution is 2.28. The molecule has 1 aromatic carbocycles. The second-order valence-corrected chi connectivity index (χ2v) is 3.96. The molecule has 0 aliphatic heterocycles. The molecule has 2 nitrogen and oxygen atoms in total. The zero-order valence-corrected chi connectivity index (χ0v) is 9.73. The summed E-state index contributed by atoms with van der Waals surface area (Å²) in [4.78, 5) is 0. The van der Waals surface area contributed by atoms with Gasteiger partial charge in [0.25, 0.3) is 0 Å². The van der Waals surface area contributed by atoms with Crippen LogP contribution in [0, 0.1) is 12.7 Å². The maximum absolute atomic E-state index is 13.2. The van der Waals surface area contributed by atoms with Crippen molar-refractivity contribution in [1.82, 2.24) is 5.32 Å². The van der Waals surface area contributed by atoms with Crippen molar-refractivity contribution in [3.8, 4) is 0 Å². The zero-order chi connectivity index (χ0) is 10.7. The lowest BCUT2D eigenvalue weighted by atomic mass is 10.0. The van der Waals surface area contributed by atoms with Crippen molar-refractivity contribution in [2.24, 2.45) is 0 Å². The Morgan fingerprint density at radius 3 is 2.79 bits per heavy atom. The molecule has 0 amide bonds. The highest BCUT2D eigenvalue weighted by Gasteiger charge is 2.15. The van der Waals surface area contributed by atoms with Gasteiger partial charge in [-0.25, -0.2) is 4.39 Å². The van der Waals surface area contributed by atoms with E-state index >= 15 is 0 Å². The van der Waals surface area contributed by atoms with E-state index in [9.17, 15) is 9.50 Å². The summed E-state index contributed by atoms with van der Waals surface area (Å²) in [5.74, 6) is -0.347. The minimum absolute atomic E-state index is 0.347. The van der Waals surface area contributed by atoms with Gasteiger partial charge in [0.05, 0.1) is 10.6 Å². The van der Waals surface area contributed by atoms with Crippen LogP contribution in [0.2, 0.25) is 0 Å². The summed E-state index contributed by atoms with van der Waals surface area (Å²) in [6.07, 6.45) is -0.690. The normalized spacial score (nSPS) is 12.9. The molecule has 14 heavy (non-hydrogen) atoms. The monoisotopic (exact) mass is 261 g/mol. The predicted molar refractivity (Wildman–Crippen MR) is 57.7 cm³/mol. The molecule has 0 aliphatic carbocycles. The molecule has 0 fully saturated rings. The minimum atomic E-state index is -0.690. The van der Waals surface area contributed by atoms with Crippen LogP contribution in [0.3, 0.4) is 0 Å². The highest BCUT2D eigenvalue weighted by molar-refractivity contribution is 9.10. The van der Waals surface area contributed by atoms with Crippen LogP contribution < -0.4 is 5.32 Å². The Morgan fingerprint density at radius 1 is 1.57 bits per heavy atom. The van der Waals surface area contributed by atoms with Crippen molar-refractivity contribution in [2.75, 3.05) is 13.6 Å². The first-order valence-electron chi connectivity index (χ1n) is 4.35. The van der Waals surface area contributed by atoms with Gasteiger partial charge in [-0.2, -0.15) is 0 Å². The third-order valence-electron chi connectivity index (χ3n) is 2.08. The first-order valence-corrected chi connectivity index (χ1v) is 5.14. The first-order chi connectivity index (χ1) is 6.57. The molecule has 0 aromatic heterocycles. The molecule has 1 atom stereocenters. The van der Waals surface area contributed by atoms with Crippen molar-refractivity contribution in [3.05, 3.63) is 33.5 Å². The third kappa shape index (κ3) is 2.32. The fourth-order valence-corrected chi connectivity index (χ4v) is 2.08. The average molecular weight is 262 g/mol. The molecule has 0 radical (unpaired) electrons. The zero-order valence-electron chi connectivity index (χ0n) is 8.14. The largest absolute Gasteiger partial charge is 0.387 e. The lowest BCUT2D eigenvalue weighted by molar-refractivity contribution is 0.176. The minimum Gasteiger partial charge on any atom is -0.387 e. The molecule has 0 heterocycles. The Morgan fingerprint density at radius 2 is 2.21 bits per heavy atom. The van der Waals surface area contributed by atoms with Crippen LogP contribution in [0.15, 0.2) is 16.6 Å². The smallest absolute Gasteiger partial charge is 0.137 e. The maximum Gasteiger partial charge on any atom is 0.137 e. The Balaban J connectivity index is 3.11. The number of nitrogens with one attached hydrogen (secondary N) is 1. The van der Waals surface area contributed by atoms with E-state index in [1.165, 1.54) is 6.07 Å². The van der Waals surface area contributed by atoms with E-state index in [1.807, 2.05) is 6.92 Å². The number of aryl methyl sites for hydroxylation is 1. The van der Waals surface area contributed by atoms with Crippen LogP contribution in [0.1, 0.15) is 17.2 Å². The van der Waals surface area contributed by atoms with Crippen LogP contribution in [0.5, 0.6) is 0 Å². The van der Waals surface area contributed by atoms with E-state index in [-0.39, 0.29) is 5.82 Å². The lowest BCUT2D eigenvalue weighted by Gasteiger charge is -2.15. The van der Waals surface area contributed by atoms with E-state index in [1.54, 1.807) is 13.1 Å². The second-order valence-electron chi connectivity index (χ2n) is 3.17. The lowest BCUT2D eigenvalue weighted by Crippen LogP contribution is -2.18. The molecule has 2 N–H and O–H groups in total. The van der Waals surface area contributed by atoms with Gasteiger partial charge >= 0.3 is 0 Å². The van der Waals surface area contributed by atoms with Crippen LogP contribution in [-0.2, 0) is 0 Å². The van der Waals surface area contributed by atoms with Gasteiger partial charge in [-0.15, -0.1) is 0 Å². The summed E-state index contributed by atoms with van der Waals surface area (Å²) < 4.78 is 13.5. The molecule has 78 valence electrons. The quantitative estimate of drug-likeness (QED) is 0.874. The standard InChI is InChI=1S/C10H13BrFNO/c1-6-3-4-7(12)10(11)9(6)8(14)5-13-2/h3-4,8,13-14H,5H2,1-2H3. The van der Waals surface area contributed by atoms with Crippen LogP contribution >= 0.6 is 15.9 Å². The number of benzene rings is 1. The number of hydrogen-bond donors (Lipinski definition) is 2. The van der Waals surface area contributed by atoms with Crippen molar-refractivity contribution in [3.63, 3.8) is 0 Å². The average Bonchev–Trinajstić information content (AvgIpc) is 2.13. The summed E-state index contributed by atoms with van der Waals surface area (Å²) >= 11 is 3.14. The summed E-state index contributed by atoms with van der Waals surface area (Å²) in [6, 6.07) is 3.04. The molecule has 1 unspecified atom stereocenters. The van der Waals surface area contributed by atoms with E-state index in [0.717, 1.165) is 5.56 Å². The van der Waals surface area contributed by atoms with Crippen molar-refractivity contribution in [2.45, 2.75) is 13.0 Å². The van der Waals surface area contributed by atoms with Crippen LogP contribution in [-0.4, -0.2) is 18.7 Å². The second kappa shape index (κ2) is 4.87. The SMILES string of the molecule is CNCC(O)c1c(C)ccc(F)c1Br. The van der Waals surface area contributed by atoms with Gasteiger partial charge in [-0.05, 0) is 41.5 Å². The number of hydrogen-bond acceptors (Lipinski definition) is 2. The van der Waals surface area contributed by atoms with E-state index in [4.69, 9.17) is 0 Å². The summed E-state index contributed by atoms with van der Waals surface area (Å²) in [6.45, 7) is 2.25. The molecule has 4 heteroatoms. The highest BCUT2D eigenvalue weighted by atomic mass is 79.9. The maximum atomic E-state index is 13.2. The van der Waals surface area contributed by atoms with Gasteiger partial charge in [-0.3, -0.25) is 0 Å². The molecule has 1 aromatic rings. The molecule has 0 bridgehead atoms. The van der Waals surface area contributed by atoms with E-state index < -0.39 is 6.10 Å². The third-order valence-corrected chi connectivity index (χ3v) is 2.89. The van der Waals surface area contributed by atoms with Gasteiger partial charge in [-0.1, -0.05) is 6.07 Å². The molecule has 0 aliphatic rings. The Bertz CT molecular complexity index is 330.